The summed E-state index contributed by atoms with van der Waals surface area (Å²) in [5, 5.41) is -0.253. The van der Waals surface area contributed by atoms with Crippen LogP contribution in [-0.2, 0) is 11.0 Å². The number of ether oxygens (including phenoxy) is 1. The first-order valence-electron chi connectivity index (χ1n) is 9.25. The fourth-order valence-corrected chi connectivity index (χ4v) is 3.92. The van der Waals surface area contributed by atoms with Crippen molar-refractivity contribution in [1.82, 2.24) is 14.2 Å². The third-order valence-corrected chi connectivity index (χ3v) is 5.76. The highest BCUT2D eigenvalue weighted by atomic mass is 35.5. The van der Waals surface area contributed by atoms with Crippen molar-refractivity contribution in [3.63, 3.8) is 0 Å². The first-order chi connectivity index (χ1) is 16.3. The van der Waals surface area contributed by atoms with Crippen LogP contribution >= 0.6 is 23.4 Å². The fourth-order valence-electron chi connectivity index (χ4n) is 2.72. The summed E-state index contributed by atoms with van der Waals surface area (Å²) >= 11 is 6.73. The van der Waals surface area contributed by atoms with E-state index < -0.39 is 46.3 Å². The molecule has 3 aromatic rings. The average Bonchev–Trinajstić information content (AvgIpc) is 2.74. The Morgan fingerprint density at radius 1 is 1.14 bits per heavy atom. The van der Waals surface area contributed by atoms with Crippen molar-refractivity contribution in [1.29, 1.82) is 0 Å². The van der Waals surface area contributed by atoms with Gasteiger partial charge in [-0.1, -0.05) is 23.4 Å². The van der Waals surface area contributed by atoms with Gasteiger partial charge in [0.05, 0.1) is 34.8 Å². The van der Waals surface area contributed by atoms with E-state index in [9.17, 15) is 36.3 Å². The van der Waals surface area contributed by atoms with Crippen molar-refractivity contribution in [2.45, 2.75) is 22.4 Å². The number of carbonyl (C=O) groups excluding carboxylic acids is 1. The lowest BCUT2D eigenvalue weighted by Gasteiger charge is -2.15. The van der Waals surface area contributed by atoms with Gasteiger partial charge in [0.15, 0.2) is 5.69 Å². The molecule has 0 aliphatic heterocycles. The van der Waals surface area contributed by atoms with Crippen LogP contribution in [0.25, 0.3) is 5.69 Å². The van der Waals surface area contributed by atoms with Gasteiger partial charge in [-0.15, -0.1) is 0 Å². The molecule has 0 bridgehead atoms. The zero-order valence-corrected chi connectivity index (χ0v) is 18.7. The van der Waals surface area contributed by atoms with Gasteiger partial charge in [0.1, 0.15) is 11.6 Å². The Hall–Kier alpha value is -3.59. The van der Waals surface area contributed by atoms with Crippen molar-refractivity contribution in [3.05, 3.63) is 73.7 Å². The van der Waals surface area contributed by atoms with Gasteiger partial charge in [-0.05, 0) is 18.2 Å². The molecule has 0 radical (unpaired) electrons. The number of nitrogens with zero attached hydrogens (tertiary/aromatic N) is 3. The Morgan fingerprint density at radius 2 is 1.83 bits per heavy atom. The minimum Gasteiger partial charge on any atom is -0.476 e. The lowest BCUT2D eigenvalue weighted by molar-refractivity contribution is -0.143. The van der Waals surface area contributed by atoms with Gasteiger partial charge in [-0.25, -0.2) is 27.8 Å². The van der Waals surface area contributed by atoms with Crippen LogP contribution in [0.4, 0.5) is 22.0 Å². The summed E-state index contributed by atoms with van der Waals surface area (Å²) in [6.07, 6.45) is -4.47. The van der Waals surface area contributed by atoms with Crippen molar-refractivity contribution in [2.75, 3.05) is 12.4 Å². The number of nitrogens with two attached hydrogens (primary N) is 2. The van der Waals surface area contributed by atoms with Crippen LogP contribution in [-0.4, -0.2) is 26.7 Å². The van der Waals surface area contributed by atoms with Crippen LogP contribution in [0.2, 0.25) is 5.02 Å². The summed E-state index contributed by atoms with van der Waals surface area (Å²) in [6, 6.07) is 2.59. The number of carbonyl (C=O) groups is 1. The number of amides is 1. The first-order valence-corrected chi connectivity index (χ1v) is 10.4. The normalized spacial score (nSPS) is 11.5. The molecule has 0 unspecified atom stereocenters. The molecule has 16 heteroatoms. The molecule has 2 heterocycles. The Morgan fingerprint density at radius 3 is 2.46 bits per heavy atom. The predicted molar refractivity (Wildman–Crippen MR) is 114 cm³/mol. The number of primary amides is 1. The van der Waals surface area contributed by atoms with E-state index in [-0.39, 0.29) is 49.0 Å². The number of benzene rings is 1. The molecule has 35 heavy (non-hydrogen) atoms. The van der Waals surface area contributed by atoms with Gasteiger partial charge in [0, 0.05) is 11.0 Å². The van der Waals surface area contributed by atoms with E-state index >= 15 is 0 Å². The second kappa shape index (κ2) is 9.95. The number of nitrogen functional groups attached to an aromatic ring is 1. The molecule has 2 aromatic heterocycles. The van der Waals surface area contributed by atoms with Crippen LogP contribution in [0, 0.1) is 11.6 Å². The smallest absolute Gasteiger partial charge is 0.433 e. The maximum Gasteiger partial charge on any atom is 0.433 e. The largest absolute Gasteiger partial charge is 0.476 e. The maximum atomic E-state index is 14.7. The second-order valence-corrected chi connectivity index (χ2v) is 8.20. The van der Waals surface area contributed by atoms with Crippen LogP contribution in [0.5, 0.6) is 5.88 Å². The fraction of sp³-hybridized carbons (Fsp3) is 0.158. The minimum atomic E-state index is -5.12. The highest BCUT2D eigenvalue weighted by Gasteiger charge is 2.36. The van der Waals surface area contributed by atoms with E-state index in [2.05, 4.69) is 4.98 Å². The van der Waals surface area contributed by atoms with E-state index in [1.807, 2.05) is 0 Å². The van der Waals surface area contributed by atoms with E-state index in [0.29, 0.717) is 17.8 Å². The number of aromatic nitrogens is 3. The average molecular weight is 538 g/mol. The number of hydrogen-bond donors (Lipinski definition) is 2. The highest BCUT2D eigenvalue weighted by Crippen LogP contribution is 2.39. The topological polar surface area (TPSA) is 135 Å². The summed E-state index contributed by atoms with van der Waals surface area (Å²) < 4.78 is 72.6. The molecule has 1 amide bonds. The van der Waals surface area contributed by atoms with Gasteiger partial charge >= 0.3 is 11.9 Å². The van der Waals surface area contributed by atoms with Gasteiger partial charge < -0.3 is 16.3 Å². The van der Waals surface area contributed by atoms with Gasteiger partial charge in [0.25, 0.3) is 5.56 Å². The van der Waals surface area contributed by atoms with Gasteiger partial charge in [-0.2, -0.15) is 13.2 Å². The molecule has 0 atom stereocenters. The number of alkyl halides is 3. The molecule has 0 fully saturated rings. The predicted octanol–water partition coefficient (Wildman–Crippen LogP) is 2.46. The molecule has 1 aromatic carbocycles. The molecule has 9 nitrogen and oxygen atoms in total. The first kappa shape index (κ1) is 26.0. The van der Waals surface area contributed by atoms with Crippen LogP contribution in [0.1, 0.15) is 12.1 Å². The van der Waals surface area contributed by atoms with Crippen LogP contribution < -0.4 is 27.6 Å². The lowest BCUT2D eigenvalue weighted by Crippen LogP contribution is -2.45. The molecule has 0 spiro atoms. The quantitative estimate of drug-likeness (QED) is 0.349. The molecule has 4 N–H and O–H groups in total. The monoisotopic (exact) mass is 537 g/mol. The molecule has 0 saturated carbocycles. The highest BCUT2D eigenvalue weighted by molar-refractivity contribution is 7.99. The number of hydrogen-bond acceptors (Lipinski definition) is 7. The van der Waals surface area contributed by atoms with Crippen molar-refractivity contribution in [2.24, 2.45) is 5.73 Å². The summed E-state index contributed by atoms with van der Waals surface area (Å²) in [5.41, 5.74) is -0.657. The zero-order valence-electron chi connectivity index (χ0n) is 17.1. The van der Waals surface area contributed by atoms with E-state index in [1.54, 1.807) is 0 Å². The van der Waals surface area contributed by atoms with Crippen molar-refractivity contribution in [3.8, 4) is 11.6 Å². The summed E-state index contributed by atoms with van der Waals surface area (Å²) in [4.78, 5) is 39.3. The SMILES string of the molecule is NC(=O)CCOc1ncc(F)cc1Sc1cc(-n2c(=O)cc(C(F)(F)F)n(N)c2=O)c(F)cc1Cl. The third kappa shape index (κ3) is 5.74. The Balaban J connectivity index is 2.09. The Labute approximate surface area is 201 Å². The second-order valence-electron chi connectivity index (χ2n) is 6.71. The van der Waals surface area contributed by atoms with Crippen LogP contribution in [0.3, 0.4) is 0 Å². The van der Waals surface area contributed by atoms with Gasteiger partial charge in [0.2, 0.25) is 11.8 Å². The van der Waals surface area contributed by atoms with E-state index in [1.165, 1.54) is 0 Å². The molecule has 0 aliphatic carbocycles. The standard InChI is InChI=1S/C19H13ClF5N5O4S/c20-9-4-10(22)11(29-16(32)6-14(19(23,24)25)30(27)18(29)33)5-12(9)35-13-3-8(21)7-28-17(13)34-2-1-15(26)31/h3-7H,1-2,27H2,(H2,26,31). The zero-order chi connectivity index (χ0) is 26.1. The molecule has 3 rings (SSSR count). The number of halogens is 6. The molecule has 186 valence electrons. The minimum absolute atomic E-state index is 0.00457. The summed E-state index contributed by atoms with van der Waals surface area (Å²) in [7, 11) is 0. The van der Waals surface area contributed by atoms with Crippen molar-refractivity contribution < 1.29 is 31.5 Å². The third-order valence-electron chi connectivity index (χ3n) is 4.26. The van der Waals surface area contributed by atoms with Crippen molar-refractivity contribution >= 4 is 29.3 Å². The lowest BCUT2D eigenvalue weighted by atomic mass is 10.3. The van der Waals surface area contributed by atoms with Gasteiger partial charge in [-0.3, -0.25) is 9.59 Å². The molecule has 0 aliphatic rings. The molecular formula is C19H13ClF5N5O4S. The number of rotatable bonds is 7. The molecule has 0 saturated heterocycles. The number of pyridine rings is 1. The summed E-state index contributed by atoms with van der Waals surface area (Å²) in [6.45, 7) is -0.194. The maximum absolute atomic E-state index is 14.7. The molecular weight excluding hydrogens is 525 g/mol. The van der Waals surface area contributed by atoms with Crippen LogP contribution in [0.15, 0.2) is 49.8 Å². The summed E-state index contributed by atoms with van der Waals surface area (Å²) in [5.74, 6) is 2.36. The Bertz CT molecular complexity index is 1430. The van der Waals surface area contributed by atoms with E-state index in [4.69, 9.17) is 27.9 Å². The Kier molecular flexibility index (Phi) is 7.40. The van der Waals surface area contributed by atoms with E-state index in [0.717, 1.165) is 18.3 Å².